The Morgan fingerprint density at radius 3 is 2.72 bits per heavy atom. The molecule has 1 saturated heterocycles. The van der Waals surface area contributed by atoms with Crippen molar-refractivity contribution in [3.8, 4) is 5.75 Å². The Bertz CT molecular complexity index is 1390. The number of aromatic nitrogens is 4. The van der Waals surface area contributed by atoms with Crippen LogP contribution in [-0.2, 0) is 5.66 Å². The number of halogens is 1. The van der Waals surface area contributed by atoms with Gasteiger partial charge < -0.3 is 15.4 Å². The summed E-state index contributed by atoms with van der Waals surface area (Å²) >= 11 is 6.55. The third kappa shape index (κ3) is 3.83. The minimum absolute atomic E-state index is 0.231. The molecule has 2 aliphatic heterocycles. The molecule has 1 saturated carbocycles. The number of rotatable bonds is 6. The zero-order valence-electron chi connectivity index (χ0n) is 20.3. The molecule has 11 heteroatoms. The first-order valence-corrected chi connectivity index (χ1v) is 13.1. The average molecular weight is 512 g/mol. The van der Waals surface area contributed by atoms with Gasteiger partial charge in [0.25, 0.3) is 11.5 Å². The molecule has 0 radical (unpaired) electrons. The summed E-state index contributed by atoms with van der Waals surface area (Å²) in [6.07, 6.45) is 10.2. The van der Waals surface area contributed by atoms with Crippen molar-refractivity contribution in [3.05, 3.63) is 45.2 Å². The summed E-state index contributed by atoms with van der Waals surface area (Å²) in [4.78, 5) is 33.3. The van der Waals surface area contributed by atoms with E-state index >= 15 is 0 Å². The highest BCUT2D eigenvalue weighted by Crippen LogP contribution is 2.39. The highest BCUT2D eigenvalue weighted by atomic mass is 35.5. The molecule has 190 valence electrons. The van der Waals surface area contributed by atoms with Crippen LogP contribution in [0.15, 0.2) is 23.4 Å². The second-order valence-corrected chi connectivity index (χ2v) is 10.4. The number of fused-ring (bicyclic) bond motifs is 3. The van der Waals surface area contributed by atoms with Crippen LogP contribution in [0.4, 0.5) is 11.5 Å². The number of amides is 1. The van der Waals surface area contributed by atoms with Crippen molar-refractivity contribution < 1.29 is 9.53 Å². The van der Waals surface area contributed by atoms with E-state index in [2.05, 4.69) is 25.6 Å². The van der Waals surface area contributed by atoms with E-state index in [1.54, 1.807) is 9.08 Å². The minimum Gasteiger partial charge on any atom is -0.490 e. The van der Waals surface area contributed by atoms with E-state index < -0.39 is 5.66 Å². The maximum atomic E-state index is 13.7. The lowest BCUT2D eigenvalue weighted by molar-refractivity contribution is 0.0877. The van der Waals surface area contributed by atoms with Gasteiger partial charge in [0.1, 0.15) is 41.2 Å². The molecule has 10 nitrogen and oxygen atoms in total. The van der Waals surface area contributed by atoms with Gasteiger partial charge in [-0.15, -0.1) is 0 Å². The van der Waals surface area contributed by atoms with Crippen molar-refractivity contribution in [1.29, 1.82) is 0 Å². The Morgan fingerprint density at radius 2 is 1.94 bits per heavy atom. The molecule has 2 fully saturated rings. The standard InChI is InChI=1S/C25H30ClN7O3/c1-16-19(36-12-11-31-9-5-6-10-31)14-32-20(16)22(27-15-28-32)29-18-13-17(26)21-23(34)30-25(33(21)24(18)35)7-3-2-4-8-25/h13-15H,2-12H2,1H3,(H,30,34)(H,27,28,29). The number of ether oxygens (including phenoxy) is 1. The zero-order valence-corrected chi connectivity index (χ0v) is 21.1. The van der Waals surface area contributed by atoms with Crippen LogP contribution in [-0.4, -0.2) is 56.2 Å². The molecule has 3 aromatic rings. The third-order valence-electron chi connectivity index (χ3n) is 7.72. The SMILES string of the molecule is Cc1c(OCCN2CCCC2)cn2ncnc(Nc3cc(Cl)c4n(c3=O)C3(CCCCC3)NC4=O)c12. The highest BCUT2D eigenvalue weighted by Gasteiger charge is 2.45. The number of pyridine rings is 1. The smallest absolute Gasteiger partial charge is 0.276 e. The fourth-order valence-corrected chi connectivity index (χ4v) is 6.18. The molecule has 1 spiro atoms. The Hall–Kier alpha value is -3.11. The van der Waals surface area contributed by atoms with Gasteiger partial charge in [-0.3, -0.25) is 19.1 Å². The summed E-state index contributed by atoms with van der Waals surface area (Å²) in [5.41, 5.74) is 1.09. The number of likely N-dealkylation sites (tertiary alicyclic amines) is 1. The van der Waals surface area contributed by atoms with Crippen molar-refractivity contribution in [1.82, 2.24) is 29.4 Å². The van der Waals surface area contributed by atoms with Gasteiger partial charge in [-0.25, -0.2) is 9.50 Å². The number of carbonyl (C=O) groups is 1. The molecule has 0 bridgehead atoms. The predicted molar refractivity (Wildman–Crippen MR) is 136 cm³/mol. The second kappa shape index (κ2) is 9.08. The summed E-state index contributed by atoms with van der Waals surface area (Å²) in [6, 6.07) is 1.52. The van der Waals surface area contributed by atoms with Crippen molar-refractivity contribution in [3.63, 3.8) is 0 Å². The monoisotopic (exact) mass is 511 g/mol. The molecule has 1 amide bonds. The maximum absolute atomic E-state index is 13.7. The predicted octanol–water partition coefficient (Wildman–Crippen LogP) is 3.43. The lowest BCUT2D eigenvalue weighted by Crippen LogP contribution is -2.48. The van der Waals surface area contributed by atoms with E-state index in [4.69, 9.17) is 16.3 Å². The topological polar surface area (TPSA) is 106 Å². The van der Waals surface area contributed by atoms with E-state index in [0.29, 0.717) is 25.3 Å². The van der Waals surface area contributed by atoms with Crippen LogP contribution in [0.25, 0.3) is 5.52 Å². The van der Waals surface area contributed by atoms with E-state index in [0.717, 1.165) is 55.7 Å². The molecule has 3 aliphatic rings. The fourth-order valence-electron chi connectivity index (χ4n) is 5.90. The van der Waals surface area contributed by atoms with Crippen LogP contribution in [0.3, 0.4) is 0 Å². The molecule has 36 heavy (non-hydrogen) atoms. The van der Waals surface area contributed by atoms with Crippen LogP contribution in [0.2, 0.25) is 5.02 Å². The summed E-state index contributed by atoms with van der Waals surface area (Å²) in [7, 11) is 0. The largest absolute Gasteiger partial charge is 0.490 e. The van der Waals surface area contributed by atoms with Gasteiger partial charge in [-0.2, -0.15) is 5.10 Å². The quantitative estimate of drug-likeness (QED) is 0.522. The normalized spacial score (nSPS) is 19.1. The fraction of sp³-hybridized carbons (Fsp3) is 0.520. The first-order valence-electron chi connectivity index (χ1n) is 12.7. The number of nitrogens with one attached hydrogen (secondary N) is 2. The second-order valence-electron chi connectivity index (χ2n) is 9.98. The van der Waals surface area contributed by atoms with Crippen molar-refractivity contribution >= 4 is 34.5 Å². The molecule has 0 unspecified atom stereocenters. The van der Waals surface area contributed by atoms with Crippen LogP contribution >= 0.6 is 11.6 Å². The van der Waals surface area contributed by atoms with Crippen molar-refractivity contribution in [2.75, 3.05) is 31.6 Å². The number of anilines is 2. The van der Waals surface area contributed by atoms with Gasteiger partial charge in [0.15, 0.2) is 5.82 Å². The molecule has 2 N–H and O–H groups in total. The summed E-state index contributed by atoms with van der Waals surface area (Å²) < 4.78 is 9.36. The Balaban J connectivity index is 1.33. The van der Waals surface area contributed by atoms with Gasteiger partial charge in [0, 0.05) is 12.1 Å². The minimum atomic E-state index is -0.717. The molecule has 1 aliphatic carbocycles. The van der Waals surface area contributed by atoms with E-state index in [1.807, 2.05) is 13.1 Å². The average Bonchev–Trinajstić information content (AvgIpc) is 3.56. The number of hydrogen-bond acceptors (Lipinski definition) is 7. The number of nitrogens with zero attached hydrogens (tertiary/aromatic N) is 5. The van der Waals surface area contributed by atoms with Crippen LogP contribution in [0, 0.1) is 6.92 Å². The molecular formula is C25H30ClN7O3. The molecule has 5 heterocycles. The van der Waals surface area contributed by atoms with Gasteiger partial charge in [-0.05, 0) is 64.6 Å². The first-order chi connectivity index (χ1) is 17.5. The first kappa shape index (κ1) is 23.3. The van der Waals surface area contributed by atoms with Crippen molar-refractivity contribution in [2.24, 2.45) is 0 Å². The van der Waals surface area contributed by atoms with E-state index in [9.17, 15) is 9.59 Å². The highest BCUT2D eigenvalue weighted by molar-refractivity contribution is 6.34. The summed E-state index contributed by atoms with van der Waals surface area (Å²) in [5, 5.41) is 10.8. The lowest BCUT2D eigenvalue weighted by Gasteiger charge is -2.35. The van der Waals surface area contributed by atoms with Crippen LogP contribution < -0.4 is 20.9 Å². The van der Waals surface area contributed by atoms with Crippen LogP contribution in [0.1, 0.15) is 61.0 Å². The molecule has 3 aromatic heterocycles. The van der Waals surface area contributed by atoms with Crippen molar-refractivity contribution in [2.45, 2.75) is 57.5 Å². The van der Waals surface area contributed by atoms with Crippen LogP contribution in [0.5, 0.6) is 5.75 Å². The molecular weight excluding hydrogens is 482 g/mol. The molecule has 6 rings (SSSR count). The lowest BCUT2D eigenvalue weighted by atomic mass is 9.89. The van der Waals surface area contributed by atoms with Gasteiger partial charge in [0.2, 0.25) is 0 Å². The zero-order chi connectivity index (χ0) is 24.9. The van der Waals surface area contributed by atoms with E-state index in [-0.39, 0.29) is 27.9 Å². The maximum Gasteiger partial charge on any atom is 0.276 e. The molecule has 0 aromatic carbocycles. The van der Waals surface area contributed by atoms with E-state index in [1.165, 1.54) is 25.2 Å². The Morgan fingerprint density at radius 1 is 1.17 bits per heavy atom. The number of hydrogen-bond donors (Lipinski definition) is 2. The third-order valence-corrected chi connectivity index (χ3v) is 8.01. The Labute approximate surface area is 213 Å². The van der Waals surface area contributed by atoms with Gasteiger partial charge in [0.05, 0.1) is 11.2 Å². The summed E-state index contributed by atoms with van der Waals surface area (Å²) in [6.45, 7) is 5.69. The van der Waals surface area contributed by atoms with Gasteiger partial charge >= 0.3 is 0 Å². The number of carbonyl (C=O) groups excluding carboxylic acids is 1. The Kier molecular flexibility index (Phi) is 5.88. The molecule has 0 atom stereocenters. The summed E-state index contributed by atoms with van der Waals surface area (Å²) in [5.74, 6) is 0.908. The number of aryl methyl sites for hydroxylation is 1. The van der Waals surface area contributed by atoms with Gasteiger partial charge in [-0.1, -0.05) is 18.0 Å².